The highest BCUT2D eigenvalue weighted by Gasteiger charge is 2.16. The van der Waals surface area contributed by atoms with Gasteiger partial charge in [-0.1, -0.05) is 11.6 Å². The Morgan fingerprint density at radius 1 is 1.24 bits per heavy atom. The maximum absolute atomic E-state index is 13.2. The number of halogens is 2. The molecule has 7 nitrogen and oxygen atoms in total. The number of sulfonamides is 1. The van der Waals surface area contributed by atoms with Crippen LogP contribution in [0.1, 0.15) is 28.3 Å². The molecule has 0 aliphatic rings. The molecule has 1 N–H and O–H groups in total. The first-order chi connectivity index (χ1) is 13.8. The normalized spacial score (nSPS) is 11.6. The van der Waals surface area contributed by atoms with Gasteiger partial charge in [0.1, 0.15) is 11.6 Å². The zero-order valence-electron chi connectivity index (χ0n) is 15.5. The van der Waals surface area contributed by atoms with E-state index in [-0.39, 0.29) is 22.2 Å². The van der Waals surface area contributed by atoms with Crippen molar-refractivity contribution in [3.8, 4) is 0 Å². The number of imidazole rings is 1. The van der Waals surface area contributed by atoms with Crippen molar-refractivity contribution in [2.45, 2.75) is 24.3 Å². The van der Waals surface area contributed by atoms with Gasteiger partial charge in [-0.3, -0.25) is 9.78 Å². The summed E-state index contributed by atoms with van der Waals surface area (Å²) in [7, 11) is -2.01. The predicted octanol–water partition coefficient (Wildman–Crippen LogP) is 2.90. The molecule has 10 heteroatoms. The highest BCUT2D eigenvalue weighted by molar-refractivity contribution is 7.89. The molecule has 2 heterocycles. The van der Waals surface area contributed by atoms with E-state index in [4.69, 9.17) is 11.6 Å². The van der Waals surface area contributed by atoms with Crippen molar-refractivity contribution < 1.29 is 17.6 Å². The minimum absolute atomic E-state index is 0.0754. The first kappa shape index (κ1) is 21.1. The molecule has 152 valence electrons. The summed E-state index contributed by atoms with van der Waals surface area (Å²) < 4.78 is 42.0. The topological polar surface area (TPSA) is 94.0 Å². The van der Waals surface area contributed by atoms with Crippen LogP contribution in [0.15, 0.2) is 53.8 Å². The van der Waals surface area contributed by atoms with E-state index in [1.165, 1.54) is 6.20 Å². The molecule has 0 aliphatic carbocycles. The highest BCUT2D eigenvalue weighted by Crippen LogP contribution is 2.19. The van der Waals surface area contributed by atoms with E-state index < -0.39 is 15.8 Å². The number of rotatable bonds is 8. The predicted molar refractivity (Wildman–Crippen MR) is 106 cm³/mol. The standard InChI is InChI=1S/C19H18ClFN4O3S/c1-25-9-8-22-19(25)7-6-18(26)13-2-3-14(23-11-13)12-24-29(27,28)15-4-5-17(21)16(20)10-15/h2-5,8-11,24H,6-7,12H2,1H3. The van der Waals surface area contributed by atoms with Crippen molar-refractivity contribution in [3.05, 3.63) is 76.8 Å². The maximum atomic E-state index is 13.2. The van der Waals surface area contributed by atoms with Crippen LogP contribution in [0.4, 0.5) is 4.39 Å². The van der Waals surface area contributed by atoms with Gasteiger partial charge in [0.15, 0.2) is 5.78 Å². The van der Waals surface area contributed by atoms with E-state index in [0.717, 1.165) is 24.0 Å². The average Bonchev–Trinajstić information content (AvgIpc) is 3.12. The molecule has 0 radical (unpaired) electrons. The Morgan fingerprint density at radius 3 is 2.66 bits per heavy atom. The average molecular weight is 437 g/mol. The molecule has 0 bridgehead atoms. The number of nitrogens with zero attached hydrogens (tertiary/aromatic N) is 3. The van der Waals surface area contributed by atoms with Crippen LogP contribution in [-0.4, -0.2) is 28.7 Å². The summed E-state index contributed by atoms with van der Waals surface area (Å²) >= 11 is 5.63. The molecule has 0 saturated carbocycles. The first-order valence-electron chi connectivity index (χ1n) is 8.65. The summed E-state index contributed by atoms with van der Waals surface area (Å²) in [5.74, 6) is 0.0438. The molecule has 0 atom stereocenters. The van der Waals surface area contributed by atoms with Gasteiger partial charge in [0.05, 0.1) is 22.2 Å². The van der Waals surface area contributed by atoms with Crippen LogP contribution in [0.5, 0.6) is 0 Å². The van der Waals surface area contributed by atoms with Crippen LogP contribution < -0.4 is 4.72 Å². The molecular formula is C19H18ClFN4O3S. The molecular weight excluding hydrogens is 419 g/mol. The van der Waals surface area contributed by atoms with Gasteiger partial charge in [0.2, 0.25) is 10.0 Å². The monoisotopic (exact) mass is 436 g/mol. The van der Waals surface area contributed by atoms with E-state index >= 15 is 0 Å². The molecule has 0 unspecified atom stereocenters. The molecule has 0 amide bonds. The highest BCUT2D eigenvalue weighted by atomic mass is 35.5. The summed E-state index contributed by atoms with van der Waals surface area (Å²) in [6, 6.07) is 6.33. The number of carbonyl (C=O) groups is 1. The number of benzene rings is 1. The van der Waals surface area contributed by atoms with Gasteiger partial charge < -0.3 is 4.57 Å². The summed E-state index contributed by atoms with van der Waals surface area (Å²) in [6.45, 7) is -0.0843. The van der Waals surface area contributed by atoms with E-state index in [9.17, 15) is 17.6 Å². The Bertz CT molecular complexity index is 1130. The third-order valence-corrected chi connectivity index (χ3v) is 5.98. The third-order valence-electron chi connectivity index (χ3n) is 4.29. The van der Waals surface area contributed by atoms with Crippen LogP contribution in [0.3, 0.4) is 0 Å². The minimum atomic E-state index is -3.88. The van der Waals surface area contributed by atoms with Gasteiger partial charge >= 0.3 is 0 Å². The number of nitrogens with one attached hydrogen (secondary N) is 1. The second-order valence-electron chi connectivity index (χ2n) is 6.32. The molecule has 1 aromatic carbocycles. The van der Waals surface area contributed by atoms with E-state index in [1.54, 1.807) is 18.3 Å². The molecule has 0 fully saturated rings. The molecule has 3 rings (SSSR count). The Labute approximate surface area is 172 Å². The number of pyridine rings is 1. The van der Waals surface area contributed by atoms with Crippen molar-refractivity contribution in [2.75, 3.05) is 0 Å². The summed E-state index contributed by atoms with van der Waals surface area (Å²) in [4.78, 5) is 20.5. The second kappa shape index (κ2) is 8.81. The number of ketones is 1. The Hall–Kier alpha value is -2.62. The fourth-order valence-electron chi connectivity index (χ4n) is 2.60. The molecule has 2 aromatic heterocycles. The van der Waals surface area contributed by atoms with Crippen molar-refractivity contribution in [1.29, 1.82) is 0 Å². The van der Waals surface area contributed by atoms with Gasteiger partial charge in [-0.15, -0.1) is 0 Å². The summed E-state index contributed by atoms with van der Waals surface area (Å²) in [5, 5.41) is -0.278. The maximum Gasteiger partial charge on any atom is 0.240 e. The van der Waals surface area contributed by atoms with E-state index in [1.807, 2.05) is 17.8 Å². The van der Waals surface area contributed by atoms with Gasteiger partial charge in [0, 0.05) is 44.0 Å². The van der Waals surface area contributed by atoms with Crippen LogP contribution in [0.2, 0.25) is 5.02 Å². The lowest BCUT2D eigenvalue weighted by Crippen LogP contribution is -2.23. The summed E-state index contributed by atoms with van der Waals surface area (Å²) in [5.41, 5.74) is 0.874. The van der Waals surface area contributed by atoms with Gasteiger partial charge in [0.25, 0.3) is 0 Å². The molecule has 29 heavy (non-hydrogen) atoms. The summed E-state index contributed by atoms with van der Waals surface area (Å²) in [6.07, 6.45) is 5.72. The zero-order chi connectivity index (χ0) is 21.0. The number of aryl methyl sites for hydroxylation is 2. The molecule has 0 aliphatic heterocycles. The van der Waals surface area contributed by atoms with Crippen LogP contribution in [0, 0.1) is 5.82 Å². The van der Waals surface area contributed by atoms with Crippen molar-refractivity contribution >= 4 is 27.4 Å². The number of carbonyl (C=O) groups excluding carboxylic acids is 1. The van der Waals surface area contributed by atoms with Crippen LogP contribution in [0.25, 0.3) is 0 Å². The van der Waals surface area contributed by atoms with Crippen molar-refractivity contribution in [1.82, 2.24) is 19.3 Å². The first-order valence-corrected chi connectivity index (χ1v) is 10.5. The van der Waals surface area contributed by atoms with Crippen LogP contribution >= 0.6 is 11.6 Å². The number of Topliss-reactive ketones (excluding diaryl/α,β-unsaturated/α-hetero) is 1. The van der Waals surface area contributed by atoms with E-state index in [2.05, 4.69) is 14.7 Å². The second-order valence-corrected chi connectivity index (χ2v) is 8.49. The number of hydrogen-bond donors (Lipinski definition) is 1. The molecule has 0 spiro atoms. The Morgan fingerprint density at radius 2 is 2.03 bits per heavy atom. The molecule has 3 aromatic rings. The largest absolute Gasteiger partial charge is 0.338 e. The van der Waals surface area contributed by atoms with Gasteiger partial charge in [-0.05, 0) is 30.3 Å². The van der Waals surface area contributed by atoms with Gasteiger partial charge in [-0.25, -0.2) is 22.5 Å². The van der Waals surface area contributed by atoms with E-state index in [0.29, 0.717) is 24.1 Å². The number of aromatic nitrogens is 3. The van der Waals surface area contributed by atoms with Gasteiger partial charge in [-0.2, -0.15) is 0 Å². The fourth-order valence-corrected chi connectivity index (χ4v) is 3.87. The lowest BCUT2D eigenvalue weighted by atomic mass is 10.1. The Kier molecular flexibility index (Phi) is 6.41. The Balaban J connectivity index is 1.59. The van der Waals surface area contributed by atoms with Crippen LogP contribution in [-0.2, 0) is 30.0 Å². The minimum Gasteiger partial charge on any atom is -0.338 e. The fraction of sp³-hybridized carbons (Fsp3) is 0.211. The van der Waals surface area contributed by atoms with Crippen molar-refractivity contribution in [3.63, 3.8) is 0 Å². The zero-order valence-corrected chi connectivity index (χ0v) is 17.0. The SMILES string of the molecule is Cn1ccnc1CCC(=O)c1ccc(CNS(=O)(=O)c2ccc(F)c(Cl)c2)nc1. The quantitative estimate of drug-likeness (QED) is 0.548. The molecule has 0 saturated heterocycles. The lowest BCUT2D eigenvalue weighted by Gasteiger charge is -2.08. The lowest BCUT2D eigenvalue weighted by molar-refractivity contribution is 0.0981. The van der Waals surface area contributed by atoms with Crippen molar-refractivity contribution in [2.24, 2.45) is 7.05 Å². The third kappa shape index (κ3) is 5.26. The number of hydrogen-bond acceptors (Lipinski definition) is 5. The smallest absolute Gasteiger partial charge is 0.240 e.